The third-order valence-corrected chi connectivity index (χ3v) is 3.31. The molecule has 0 radical (unpaired) electrons. The molecule has 3 heteroatoms. The van der Waals surface area contributed by atoms with E-state index >= 15 is 0 Å². The fourth-order valence-corrected chi connectivity index (χ4v) is 2.11. The molecular formula is C9H19IN2. The Hall–Kier alpha value is 0.650. The lowest BCUT2D eigenvalue weighted by atomic mass is 10.2. The van der Waals surface area contributed by atoms with E-state index < -0.39 is 0 Å². The summed E-state index contributed by atoms with van der Waals surface area (Å²) in [7, 11) is 2.21. The predicted octanol–water partition coefficient (Wildman–Crippen LogP) is 1.45. The van der Waals surface area contributed by atoms with Gasteiger partial charge >= 0.3 is 0 Å². The van der Waals surface area contributed by atoms with Gasteiger partial charge in [-0.05, 0) is 26.9 Å². The number of nitrogens with zero attached hydrogens (tertiary/aromatic N) is 2. The Kier molecular flexibility index (Phi) is 4.82. The summed E-state index contributed by atoms with van der Waals surface area (Å²) in [6, 6.07) is 0.756. The molecule has 1 fully saturated rings. The van der Waals surface area contributed by atoms with Crippen LogP contribution in [0.15, 0.2) is 0 Å². The van der Waals surface area contributed by atoms with Crippen LogP contribution in [-0.2, 0) is 0 Å². The van der Waals surface area contributed by atoms with Gasteiger partial charge < -0.3 is 4.90 Å². The van der Waals surface area contributed by atoms with Gasteiger partial charge in [0.05, 0.1) is 0 Å². The fraction of sp³-hybridized carbons (Fsp3) is 1.00. The number of alkyl halides is 1. The summed E-state index contributed by atoms with van der Waals surface area (Å²) in [5, 5.41) is 0. The monoisotopic (exact) mass is 282 g/mol. The summed E-state index contributed by atoms with van der Waals surface area (Å²) < 4.78 is 1.29. The van der Waals surface area contributed by atoms with E-state index in [1.54, 1.807) is 0 Å². The van der Waals surface area contributed by atoms with Crippen molar-refractivity contribution in [1.82, 2.24) is 9.80 Å². The van der Waals surface area contributed by atoms with Crippen molar-refractivity contribution in [2.75, 3.05) is 37.7 Å². The molecule has 1 aliphatic heterocycles. The van der Waals surface area contributed by atoms with Crippen LogP contribution in [0.5, 0.6) is 0 Å². The van der Waals surface area contributed by atoms with Crippen LogP contribution in [0.1, 0.15) is 13.3 Å². The second-order valence-corrected chi connectivity index (χ2v) is 4.77. The predicted molar refractivity (Wildman–Crippen MR) is 62.0 cm³/mol. The highest BCUT2D eigenvalue weighted by Gasteiger charge is 2.20. The van der Waals surface area contributed by atoms with Crippen molar-refractivity contribution in [3.63, 3.8) is 0 Å². The highest BCUT2D eigenvalue weighted by atomic mass is 127. The average molecular weight is 282 g/mol. The zero-order valence-electron chi connectivity index (χ0n) is 8.09. The number of piperazine rings is 1. The Morgan fingerprint density at radius 3 is 2.75 bits per heavy atom. The summed E-state index contributed by atoms with van der Waals surface area (Å²) in [5.74, 6) is 0. The van der Waals surface area contributed by atoms with Gasteiger partial charge in [0.25, 0.3) is 0 Å². The first-order valence-electron chi connectivity index (χ1n) is 4.72. The lowest BCUT2D eigenvalue weighted by Crippen LogP contribution is -2.50. The molecule has 0 saturated carbocycles. The van der Waals surface area contributed by atoms with Crippen molar-refractivity contribution in [2.24, 2.45) is 0 Å². The summed E-state index contributed by atoms with van der Waals surface area (Å²) in [6.07, 6.45) is 1.34. The smallest absolute Gasteiger partial charge is 0.0195 e. The minimum atomic E-state index is 0.756. The molecule has 1 unspecified atom stereocenters. The van der Waals surface area contributed by atoms with Gasteiger partial charge in [0.1, 0.15) is 0 Å². The van der Waals surface area contributed by atoms with E-state index in [0.717, 1.165) is 6.04 Å². The van der Waals surface area contributed by atoms with Crippen LogP contribution in [0, 0.1) is 0 Å². The molecule has 72 valence electrons. The van der Waals surface area contributed by atoms with Crippen LogP contribution in [0.3, 0.4) is 0 Å². The first kappa shape index (κ1) is 10.7. The molecule has 1 atom stereocenters. The van der Waals surface area contributed by atoms with Gasteiger partial charge in [-0.1, -0.05) is 22.6 Å². The molecular weight excluding hydrogens is 263 g/mol. The Labute approximate surface area is 89.4 Å². The second kappa shape index (κ2) is 5.40. The van der Waals surface area contributed by atoms with E-state index in [1.807, 2.05) is 0 Å². The summed E-state index contributed by atoms with van der Waals surface area (Å²) in [4.78, 5) is 5.03. The highest BCUT2D eigenvalue weighted by Crippen LogP contribution is 2.08. The minimum Gasteiger partial charge on any atom is -0.304 e. The molecule has 0 bridgehead atoms. The SMILES string of the molecule is CC1CN(C)CCN1CCCI. The van der Waals surface area contributed by atoms with Crippen molar-refractivity contribution in [1.29, 1.82) is 0 Å². The second-order valence-electron chi connectivity index (χ2n) is 3.69. The molecule has 0 aromatic heterocycles. The third kappa shape index (κ3) is 3.18. The van der Waals surface area contributed by atoms with Gasteiger partial charge in [-0.15, -0.1) is 0 Å². The van der Waals surface area contributed by atoms with Gasteiger partial charge in [-0.2, -0.15) is 0 Å². The summed E-state index contributed by atoms with van der Waals surface area (Å²) in [5.41, 5.74) is 0. The maximum atomic E-state index is 2.61. The zero-order valence-corrected chi connectivity index (χ0v) is 10.2. The van der Waals surface area contributed by atoms with E-state index in [9.17, 15) is 0 Å². The maximum Gasteiger partial charge on any atom is 0.0195 e. The molecule has 0 aliphatic carbocycles. The highest BCUT2D eigenvalue weighted by molar-refractivity contribution is 14.1. The average Bonchev–Trinajstić information content (AvgIpc) is 2.03. The van der Waals surface area contributed by atoms with E-state index in [1.165, 1.54) is 37.0 Å². The van der Waals surface area contributed by atoms with E-state index in [-0.39, 0.29) is 0 Å². The molecule has 0 spiro atoms. The minimum absolute atomic E-state index is 0.756. The number of halogens is 1. The van der Waals surface area contributed by atoms with Crippen LogP contribution < -0.4 is 0 Å². The Morgan fingerprint density at radius 1 is 1.42 bits per heavy atom. The van der Waals surface area contributed by atoms with E-state index in [0.29, 0.717) is 0 Å². The molecule has 1 saturated heterocycles. The number of rotatable bonds is 3. The largest absolute Gasteiger partial charge is 0.304 e. The van der Waals surface area contributed by atoms with E-state index in [2.05, 4.69) is 46.4 Å². The normalized spacial score (nSPS) is 27.8. The molecule has 0 aromatic carbocycles. The number of hydrogen-bond acceptors (Lipinski definition) is 2. The Balaban J connectivity index is 2.25. The van der Waals surface area contributed by atoms with Crippen LogP contribution in [-0.4, -0.2) is 53.5 Å². The van der Waals surface area contributed by atoms with Gasteiger partial charge in [0.2, 0.25) is 0 Å². The van der Waals surface area contributed by atoms with Crippen molar-refractivity contribution < 1.29 is 0 Å². The first-order chi connectivity index (χ1) is 5.74. The molecule has 0 amide bonds. The van der Waals surface area contributed by atoms with Crippen LogP contribution in [0.25, 0.3) is 0 Å². The van der Waals surface area contributed by atoms with Crippen molar-refractivity contribution in [3.05, 3.63) is 0 Å². The van der Waals surface area contributed by atoms with Crippen LogP contribution in [0.4, 0.5) is 0 Å². The number of likely N-dealkylation sites (N-methyl/N-ethyl adjacent to an activating group) is 1. The molecule has 0 N–H and O–H groups in total. The van der Waals surface area contributed by atoms with Gasteiger partial charge in [0, 0.05) is 30.1 Å². The third-order valence-electron chi connectivity index (χ3n) is 2.55. The Bertz CT molecular complexity index is 128. The van der Waals surface area contributed by atoms with E-state index in [4.69, 9.17) is 0 Å². The Morgan fingerprint density at radius 2 is 2.17 bits per heavy atom. The lowest BCUT2D eigenvalue weighted by molar-refractivity contribution is 0.101. The fourth-order valence-electron chi connectivity index (χ4n) is 1.77. The number of hydrogen-bond donors (Lipinski definition) is 0. The standard InChI is InChI=1S/C9H19IN2/c1-9-8-11(2)6-7-12(9)5-3-4-10/h9H,3-8H2,1-2H3. The quantitative estimate of drug-likeness (QED) is 0.571. The molecule has 2 nitrogen and oxygen atoms in total. The lowest BCUT2D eigenvalue weighted by Gasteiger charge is -2.38. The van der Waals surface area contributed by atoms with Crippen molar-refractivity contribution >= 4 is 22.6 Å². The van der Waals surface area contributed by atoms with Crippen LogP contribution in [0.2, 0.25) is 0 Å². The molecule has 1 aliphatic rings. The summed E-state index contributed by atoms with van der Waals surface area (Å²) >= 11 is 2.46. The van der Waals surface area contributed by atoms with Gasteiger partial charge in [0.15, 0.2) is 0 Å². The first-order valence-corrected chi connectivity index (χ1v) is 6.25. The van der Waals surface area contributed by atoms with Crippen molar-refractivity contribution in [2.45, 2.75) is 19.4 Å². The van der Waals surface area contributed by atoms with Gasteiger partial charge in [-0.25, -0.2) is 0 Å². The molecule has 1 heterocycles. The van der Waals surface area contributed by atoms with Crippen molar-refractivity contribution in [3.8, 4) is 0 Å². The summed E-state index contributed by atoms with van der Waals surface area (Å²) in [6.45, 7) is 7.36. The topological polar surface area (TPSA) is 6.48 Å². The zero-order chi connectivity index (χ0) is 8.97. The molecule has 0 aromatic rings. The maximum absolute atomic E-state index is 2.61. The molecule has 12 heavy (non-hydrogen) atoms. The van der Waals surface area contributed by atoms with Crippen LogP contribution >= 0.6 is 22.6 Å². The van der Waals surface area contributed by atoms with Gasteiger partial charge in [-0.3, -0.25) is 4.90 Å². The molecule has 1 rings (SSSR count).